The molecule has 0 aliphatic rings. The molecule has 0 saturated carbocycles. The number of hydrogen-bond donors (Lipinski definition) is 2. The smallest absolute Gasteiger partial charge is 0.226 e. The highest BCUT2D eigenvalue weighted by molar-refractivity contribution is 6.04. The molecule has 6 heteroatoms. The number of aliphatic hydroxyl groups is 1. The van der Waals surface area contributed by atoms with Gasteiger partial charge in [0, 0.05) is 23.2 Å². The number of carbonyl (C=O) groups is 1. The summed E-state index contributed by atoms with van der Waals surface area (Å²) < 4.78 is 18.8. The number of aromatic nitrogens is 1. The summed E-state index contributed by atoms with van der Waals surface area (Å²) >= 11 is 0. The van der Waals surface area contributed by atoms with Crippen molar-refractivity contribution in [1.29, 1.82) is 0 Å². The molecule has 1 unspecified atom stereocenters. The number of hydrogen-bond acceptors (Lipinski definition) is 4. The molecule has 2 N–H and O–H groups in total. The van der Waals surface area contributed by atoms with Gasteiger partial charge in [-0.25, -0.2) is 4.39 Å². The van der Waals surface area contributed by atoms with Gasteiger partial charge in [0.05, 0.1) is 18.2 Å². The summed E-state index contributed by atoms with van der Waals surface area (Å²) in [6.07, 6.45) is 2.55. The van der Waals surface area contributed by atoms with Crippen LogP contribution in [0, 0.1) is 5.82 Å². The number of benzene rings is 2. The van der Waals surface area contributed by atoms with Gasteiger partial charge in [0.2, 0.25) is 5.91 Å². The van der Waals surface area contributed by atoms with Gasteiger partial charge in [-0.15, -0.1) is 0 Å². The average molecular weight is 340 g/mol. The summed E-state index contributed by atoms with van der Waals surface area (Å²) in [6, 6.07) is 10.9. The number of fused-ring (bicyclic) bond motifs is 1. The maximum atomic E-state index is 13.0. The minimum atomic E-state index is -0.717. The van der Waals surface area contributed by atoms with E-state index >= 15 is 0 Å². The van der Waals surface area contributed by atoms with Crippen molar-refractivity contribution in [2.45, 2.75) is 19.4 Å². The second-order valence-electron chi connectivity index (χ2n) is 5.69. The molecule has 0 fully saturated rings. The molecule has 1 aromatic heterocycles. The highest BCUT2D eigenvalue weighted by Crippen LogP contribution is 2.34. The number of amides is 1. The number of pyridine rings is 1. The number of anilines is 1. The van der Waals surface area contributed by atoms with Gasteiger partial charge in [0.25, 0.3) is 0 Å². The molecule has 3 rings (SSSR count). The Hall–Kier alpha value is -2.99. The van der Waals surface area contributed by atoms with Crippen LogP contribution in [-0.4, -0.2) is 22.1 Å². The zero-order valence-corrected chi connectivity index (χ0v) is 13.6. The third kappa shape index (κ3) is 4.10. The van der Waals surface area contributed by atoms with E-state index in [0.717, 1.165) is 5.39 Å². The first-order chi connectivity index (χ1) is 12.0. The molecule has 0 bridgehead atoms. The maximum absolute atomic E-state index is 13.0. The van der Waals surface area contributed by atoms with E-state index in [1.165, 1.54) is 12.1 Å². The lowest BCUT2D eigenvalue weighted by Crippen LogP contribution is -2.17. The lowest BCUT2D eigenvalue weighted by atomic mass is 10.1. The summed E-state index contributed by atoms with van der Waals surface area (Å²) in [5.41, 5.74) is 0.584. The molecule has 0 aliphatic heterocycles. The van der Waals surface area contributed by atoms with E-state index < -0.39 is 6.10 Å². The molecule has 1 amide bonds. The van der Waals surface area contributed by atoms with Crippen LogP contribution in [-0.2, 0) is 4.79 Å². The number of ether oxygens (including phenoxy) is 1. The second kappa shape index (κ2) is 7.27. The van der Waals surface area contributed by atoms with E-state index in [9.17, 15) is 14.3 Å². The largest absolute Gasteiger partial charge is 0.457 e. The van der Waals surface area contributed by atoms with Gasteiger partial charge >= 0.3 is 0 Å². The van der Waals surface area contributed by atoms with Crippen LogP contribution in [0.4, 0.5) is 10.1 Å². The Kier molecular flexibility index (Phi) is 4.90. The van der Waals surface area contributed by atoms with Crippen molar-refractivity contribution in [3.63, 3.8) is 0 Å². The van der Waals surface area contributed by atoms with Crippen molar-refractivity contribution in [3.8, 4) is 11.5 Å². The van der Waals surface area contributed by atoms with Crippen molar-refractivity contribution in [1.82, 2.24) is 4.98 Å². The van der Waals surface area contributed by atoms with Gasteiger partial charge in [0.1, 0.15) is 17.3 Å². The molecule has 0 radical (unpaired) electrons. The van der Waals surface area contributed by atoms with Crippen LogP contribution in [0.5, 0.6) is 11.5 Å². The van der Waals surface area contributed by atoms with E-state index in [4.69, 9.17) is 4.74 Å². The predicted molar refractivity (Wildman–Crippen MR) is 93.1 cm³/mol. The number of rotatable bonds is 5. The zero-order valence-electron chi connectivity index (χ0n) is 13.6. The van der Waals surface area contributed by atoms with Crippen molar-refractivity contribution in [3.05, 3.63) is 60.7 Å². The molecule has 5 nitrogen and oxygen atoms in total. The number of carbonyl (C=O) groups excluding carboxylic acids is 1. The van der Waals surface area contributed by atoms with E-state index in [2.05, 4.69) is 10.3 Å². The van der Waals surface area contributed by atoms with Crippen LogP contribution >= 0.6 is 0 Å². The fourth-order valence-corrected chi connectivity index (χ4v) is 2.46. The first-order valence-electron chi connectivity index (χ1n) is 7.81. The van der Waals surface area contributed by atoms with Gasteiger partial charge < -0.3 is 15.2 Å². The Bertz CT molecular complexity index is 895. The molecule has 2 aromatic carbocycles. The van der Waals surface area contributed by atoms with E-state index in [-0.39, 0.29) is 18.1 Å². The maximum Gasteiger partial charge on any atom is 0.226 e. The molecule has 1 heterocycles. The van der Waals surface area contributed by atoms with Crippen LogP contribution in [0.1, 0.15) is 13.3 Å². The Morgan fingerprint density at radius 1 is 1.20 bits per heavy atom. The van der Waals surface area contributed by atoms with E-state index in [0.29, 0.717) is 22.6 Å². The van der Waals surface area contributed by atoms with Crippen LogP contribution in [0.3, 0.4) is 0 Å². The van der Waals surface area contributed by atoms with Crippen LogP contribution in [0.25, 0.3) is 10.8 Å². The molecule has 128 valence electrons. The van der Waals surface area contributed by atoms with Crippen molar-refractivity contribution >= 4 is 22.4 Å². The van der Waals surface area contributed by atoms with Gasteiger partial charge in [-0.3, -0.25) is 9.78 Å². The molecule has 0 spiro atoms. The molecular formula is C19H17FN2O3. The highest BCUT2D eigenvalue weighted by atomic mass is 19.1. The van der Waals surface area contributed by atoms with Gasteiger partial charge in [-0.05, 0) is 49.4 Å². The SMILES string of the molecule is CC(O)CC(=O)Nc1ccc(Oc2ccc(F)cc2)c2ccncc12. The van der Waals surface area contributed by atoms with Crippen molar-refractivity contribution < 1.29 is 19.0 Å². The Labute approximate surface area is 144 Å². The first kappa shape index (κ1) is 16.9. The molecule has 3 aromatic rings. The quantitative estimate of drug-likeness (QED) is 0.739. The molecular weight excluding hydrogens is 323 g/mol. The summed E-state index contributed by atoms with van der Waals surface area (Å²) in [5, 5.41) is 13.6. The monoisotopic (exact) mass is 340 g/mol. The van der Waals surface area contributed by atoms with Gasteiger partial charge in [-0.1, -0.05) is 0 Å². The first-order valence-corrected chi connectivity index (χ1v) is 7.81. The van der Waals surface area contributed by atoms with Crippen LogP contribution in [0.2, 0.25) is 0 Å². The van der Waals surface area contributed by atoms with Gasteiger partial charge in [-0.2, -0.15) is 0 Å². The number of nitrogens with zero attached hydrogens (tertiary/aromatic N) is 1. The topological polar surface area (TPSA) is 71.5 Å². The standard InChI is InChI=1S/C19H17FN2O3/c1-12(23)10-19(24)22-17-6-7-18(15-8-9-21-11-16(15)17)25-14-4-2-13(20)3-5-14/h2-9,11-12,23H,10H2,1H3,(H,22,24). The average Bonchev–Trinajstić information content (AvgIpc) is 2.58. The fraction of sp³-hybridized carbons (Fsp3) is 0.158. The van der Waals surface area contributed by atoms with Crippen LogP contribution < -0.4 is 10.1 Å². The van der Waals surface area contributed by atoms with E-state index in [1.807, 2.05) is 0 Å². The summed E-state index contributed by atoms with van der Waals surface area (Å²) in [7, 11) is 0. The second-order valence-corrected chi connectivity index (χ2v) is 5.69. The molecule has 0 saturated heterocycles. The molecule has 25 heavy (non-hydrogen) atoms. The number of aliphatic hydroxyl groups excluding tert-OH is 1. The predicted octanol–water partition coefficient (Wildman–Crippen LogP) is 3.88. The Morgan fingerprint density at radius 3 is 2.68 bits per heavy atom. The number of nitrogens with one attached hydrogen (secondary N) is 1. The highest BCUT2D eigenvalue weighted by Gasteiger charge is 2.12. The van der Waals surface area contributed by atoms with E-state index in [1.54, 1.807) is 49.6 Å². The Balaban J connectivity index is 1.93. The number of halogens is 1. The lowest BCUT2D eigenvalue weighted by Gasteiger charge is -2.13. The summed E-state index contributed by atoms with van der Waals surface area (Å²) in [5.74, 6) is 0.452. The fourth-order valence-electron chi connectivity index (χ4n) is 2.46. The summed E-state index contributed by atoms with van der Waals surface area (Å²) in [6.45, 7) is 1.55. The minimum Gasteiger partial charge on any atom is -0.457 e. The molecule has 0 aliphatic carbocycles. The Morgan fingerprint density at radius 2 is 1.96 bits per heavy atom. The third-order valence-corrected chi connectivity index (χ3v) is 3.57. The van der Waals surface area contributed by atoms with Gasteiger partial charge in [0.15, 0.2) is 0 Å². The van der Waals surface area contributed by atoms with Crippen molar-refractivity contribution in [2.75, 3.05) is 5.32 Å². The molecule has 1 atom stereocenters. The van der Waals surface area contributed by atoms with Crippen LogP contribution in [0.15, 0.2) is 54.9 Å². The summed E-state index contributed by atoms with van der Waals surface area (Å²) in [4.78, 5) is 16.0. The van der Waals surface area contributed by atoms with Crippen molar-refractivity contribution in [2.24, 2.45) is 0 Å². The zero-order chi connectivity index (χ0) is 17.8. The lowest BCUT2D eigenvalue weighted by molar-refractivity contribution is -0.117. The third-order valence-electron chi connectivity index (χ3n) is 3.57. The minimum absolute atomic E-state index is 0.00951. The normalized spacial score (nSPS) is 12.0.